The summed E-state index contributed by atoms with van der Waals surface area (Å²) >= 11 is 0. The van der Waals surface area contributed by atoms with Crippen LogP contribution in [0.1, 0.15) is 129 Å². The van der Waals surface area contributed by atoms with Crippen molar-refractivity contribution >= 4 is 19.8 Å². The summed E-state index contributed by atoms with van der Waals surface area (Å²) < 4.78 is 33.7. The number of nitrogens with zero attached hydrogens (tertiary/aromatic N) is 1. The van der Waals surface area contributed by atoms with Gasteiger partial charge in [0.15, 0.2) is 6.10 Å². The molecule has 2 unspecified atom stereocenters. The molecule has 2 atom stereocenters. The number of esters is 2. The monoisotopic (exact) mass is 749 g/mol. The maximum Gasteiger partial charge on any atom is 0.306 e. The second-order valence-electron chi connectivity index (χ2n) is 13.9. The molecule has 0 fully saturated rings. The van der Waals surface area contributed by atoms with Crippen molar-refractivity contribution in [3.8, 4) is 0 Å². The highest BCUT2D eigenvalue weighted by molar-refractivity contribution is 7.45. The Bertz CT molecular complexity index is 1120. The Morgan fingerprint density at radius 3 is 1.71 bits per heavy atom. The summed E-state index contributed by atoms with van der Waals surface area (Å²) in [7, 11) is 1.11. The SMILES string of the molecule is CC/C=C\C/C=C\C/C=C\C/C=C\C/C=C\CCCC(=O)OC(COC(=O)CCCCCCC/C=C\CCCC)COP(=O)([O-])OCC[N+](C)(C)C. The Balaban J connectivity index is 4.56. The molecule has 0 spiro atoms. The minimum absolute atomic E-state index is 0.0465. The van der Waals surface area contributed by atoms with Crippen LogP contribution in [-0.4, -0.2) is 70.0 Å². The molecule has 0 N–H and O–H groups in total. The van der Waals surface area contributed by atoms with E-state index in [1.807, 2.05) is 27.2 Å². The van der Waals surface area contributed by atoms with Crippen LogP contribution in [0.15, 0.2) is 72.9 Å². The molecule has 52 heavy (non-hydrogen) atoms. The van der Waals surface area contributed by atoms with Crippen LogP contribution >= 0.6 is 7.82 Å². The lowest BCUT2D eigenvalue weighted by Crippen LogP contribution is -2.37. The first kappa shape index (κ1) is 49.5. The van der Waals surface area contributed by atoms with E-state index in [9.17, 15) is 19.0 Å². The van der Waals surface area contributed by atoms with Crippen LogP contribution < -0.4 is 4.89 Å². The molecule has 0 aliphatic heterocycles. The molecule has 0 rings (SSSR count). The zero-order chi connectivity index (χ0) is 38.6. The number of ether oxygens (including phenoxy) is 2. The standard InChI is InChI=1S/C42H72NO8P/c1-6-8-10-12-14-16-18-19-20-21-22-23-25-27-29-31-33-35-42(45)51-40(39-50-52(46,47)49-37-36-43(3,4)5)38-48-41(44)34-32-30-28-26-24-17-15-13-11-9-7-2/h8,10,13-16,19-20,22-23,27,29,40H,6-7,9,11-12,17-18,21,24-26,28,30-39H2,1-5H3/b10-8-,15-13-,16-14-,20-19-,23-22-,29-27-. The Labute approximate surface area is 317 Å². The summed E-state index contributed by atoms with van der Waals surface area (Å²) in [4.78, 5) is 37.3. The molecular weight excluding hydrogens is 677 g/mol. The zero-order valence-corrected chi connectivity index (χ0v) is 34.1. The number of phosphoric ester groups is 1. The lowest BCUT2D eigenvalue weighted by molar-refractivity contribution is -0.870. The highest BCUT2D eigenvalue weighted by Crippen LogP contribution is 2.38. The van der Waals surface area contributed by atoms with Crippen LogP contribution in [-0.2, 0) is 32.7 Å². The molecule has 0 aromatic heterocycles. The van der Waals surface area contributed by atoms with Gasteiger partial charge < -0.3 is 27.9 Å². The number of carbonyl (C=O) groups excluding carboxylic acids is 2. The van der Waals surface area contributed by atoms with Crippen molar-refractivity contribution in [2.75, 3.05) is 47.5 Å². The van der Waals surface area contributed by atoms with Crippen LogP contribution in [0.25, 0.3) is 0 Å². The topological polar surface area (TPSA) is 111 Å². The van der Waals surface area contributed by atoms with Gasteiger partial charge >= 0.3 is 11.9 Å². The number of hydrogen-bond donors (Lipinski definition) is 0. The highest BCUT2D eigenvalue weighted by atomic mass is 31.2. The summed E-state index contributed by atoms with van der Waals surface area (Å²) in [5.74, 6) is -0.924. The maximum absolute atomic E-state index is 12.6. The Hall–Kier alpha value is -2.55. The first-order valence-electron chi connectivity index (χ1n) is 19.6. The van der Waals surface area contributed by atoms with Crippen LogP contribution in [0.4, 0.5) is 0 Å². The van der Waals surface area contributed by atoms with E-state index in [4.69, 9.17) is 18.5 Å². The third-order valence-electron chi connectivity index (χ3n) is 7.71. The van der Waals surface area contributed by atoms with Gasteiger partial charge in [0, 0.05) is 12.8 Å². The molecule has 0 heterocycles. The number of phosphoric acid groups is 1. The second kappa shape index (κ2) is 34.2. The van der Waals surface area contributed by atoms with E-state index >= 15 is 0 Å². The lowest BCUT2D eigenvalue weighted by Gasteiger charge is -2.28. The van der Waals surface area contributed by atoms with Crippen molar-refractivity contribution < 1.29 is 42.1 Å². The fourth-order valence-corrected chi connectivity index (χ4v) is 5.34. The predicted octanol–water partition coefficient (Wildman–Crippen LogP) is 10.0. The zero-order valence-electron chi connectivity index (χ0n) is 33.2. The van der Waals surface area contributed by atoms with Crippen LogP contribution in [0, 0.1) is 0 Å². The first-order chi connectivity index (χ1) is 25.0. The van der Waals surface area contributed by atoms with Crippen molar-refractivity contribution in [1.29, 1.82) is 0 Å². The number of rotatable bonds is 34. The number of allylic oxidation sites excluding steroid dienone is 12. The van der Waals surface area contributed by atoms with E-state index < -0.39 is 32.5 Å². The molecule has 0 aliphatic carbocycles. The Morgan fingerprint density at radius 1 is 0.615 bits per heavy atom. The van der Waals surface area contributed by atoms with Gasteiger partial charge in [-0.25, -0.2) is 0 Å². The van der Waals surface area contributed by atoms with E-state index in [0.717, 1.165) is 70.6 Å². The van der Waals surface area contributed by atoms with Gasteiger partial charge in [-0.3, -0.25) is 14.2 Å². The lowest BCUT2D eigenvalue weighted by atomic mass is 10.1. The third kappa shape index (κ3) is 37.2. The third-order valence-corrected chi connectivity index (χ3v) is 8.67. The van der Waals surface area contributed by atoms with Gasteiger partial charge in [0.2, 0.25) is 0 Å². The van der Waals surface area contributed by atoms with E-state index in [0.29, 0.717) is 30.3 Å². The van der Waals surface area contributed by atoms with Crippen molar-refractivity contribution in [2.24, 2.45) is 0 Å². The second-order valence-corrected chi connectivity index (χ2v) is 15.3. The van der Waals surface area contributed by atoms with Gasteiger partial charge in [0.05, 0.1) is 27.7 Å². The molecule has 0 bridgehead atoms. The molecule has 0 radical (unpaired) electrons. The number of unbranched alkanes of at least 4 members (excludes halogenated alkanes) is 8. The molecule has 0 saturated carbocycles. The van der Waals surface area contributed by atoms with Crippen molar-refractivity contribution in [2.45, 2.75) is 136 Å². The molecule has 0 amide bonds. The summed E-state index contributed by atoms with van der Waals surface area (Å²) in [5.41, 5.74) is 0. The van der Waals surface area contributed by atoms with Crippen LogP contribution in [0.5, 0.6) is 0 Å². The molecule has 10 heteroatoms. The van der Waals surface area contributed by atoms with Gasteiger partial charge in [-0.15, -0.1) is 0 Å². The van der Waals surface area contributed by atoms with Gasteiger partial charge in [0.25, 0.3) is 7.82 Å². The fraction of sp³-hybridized carbons (Fsp3) is 0.667. The molecule has 0 aliphatic rings. The highest BCUT2D eigenvalue weighted by Gasteiger charge is 2.21. The average molecular weight is 750 g/mol. The number of likely N-dealkylation sites (N-methyl/N-ethyl adjacent to an activating group) is 1. The largest absolute Gasteiger partial charge is 0.756 e. The van der Waals surface area contributed by atoms with Gasteiger partial charge in [-0.2, -0.15) is 0 Å². The predicted molar refractivity (Wildman–Crippen MR) is 213 cm³/mol. The molecule has 9 nitrogen and oxygen atoms in total. The quantitative estimate of drug-likeness (QED) is 0.0210. The summed E-state index contributed by atoms with van der Waals surface area (Å²) in [5, 5.41) is 0. The van der Waals surface area contributed by atoms with Gasteiger partial charge in [0.1, 0.15) is 19.8 Å². The maximum atomic E-state index is 12.6. The summed E-state index contributed by atoms with van der Waals surface area (Å²) in [6, 6.07) is 0. The number of quaternary nitrogens is 1. The number of carbonyl (C=O) groups is 2. The van der Waals surface area contributed by atoms with E-state index in [-0.39, 0.29) is 26.1 Å². The summed E-state index contributed by atoms with van der Waals surface area (Å²) in [6.45, 7) is 3.96. The van der Waals surface area contributed by atoms with Crippen LogP contribution in [0.3, 0.4) is 0 Å². The summed E-state index contributed by atoms with van der Waals surface area (Å²) in [6.07, 6.45) is 40.8. The molecule has 0 saturated heterocycles. The fourth-order valence-electron chi connectivity index (χ4n) is 4.61. The molecule has 0 aromatic rings. The molecular formula is C42H72NO8P. The van der Waals surface area contributed by atoms with Gasteiger partial charge in [-0.05, 0) is 70.6 Å². The Morgan fingerprint density at radius 2 is 1.12 bits per heavy atom. The van der Waals surface area contributed by atoms with Crippen molar-refractivity contribution in [3.05, 3.63) is 72.9 Å². The van der Waals surface area contributed by atoms with E-state index in [1.165, 1.54) is 12.8 Å². The van der Waals surface area contributed by atoms with E-state index in [2.05, 4.69) is 80.7 Å². The average Bonchev–Trinajstić information content (AvgIpc) is 3.09. The smallest absolute Gasteiger partial charge is 0.306 e. The molecule has 0 aromatic carbocycles. The molecule has 298 valence electrons. The van der Waals surface area contributed by atoms with Crippen molar-refractivity contribution in [3.63, 3.8) is 0 Å². The van der Waals surface area contributed by atoms with Gasteiger partial charge in [-0.1, -0.05) is 119 Å². The minimum atomic E-state index is -4.64. The first-order valence-corrected chi connectivity index (χ1v) is 21.1. The van der Waals surface area contributed by atoms with Crippen LogP contribution in [0.2, 0.25) is 0 Å². The number of hydrogen-bond acceptors (Lipinski definition) is 8. The normalized spacial score (nSPS) is 14.5. The minimum Gasteiger partial charge on any atom is -0.756 e. The van der Waals surface area contributed by atoms with Crippen molar-refractivity contribution in [1.82, 2.24) is 0 Å². The van der Waals surface area contributed by atoms with E-state index in [1.54, 1.807) is 0 Å². The Kier molecular flexibility index (Phi) is 32.6.